The molecule has 0 aromatic heterocycles. The molecule has 3 nitrogen and oxygen atoms in total. The number of ether oxygens (including phenoxy) is 1. The van der Waals surface area contributed by atoms with Gasteiger partial charge in [0.25, 0.3) is 0 Å². The molecule has 0 aliphatic carbocycles. The van der Waals surface area contributed by atoms with Crippen LogP contribution in [0.15, 0.2) is 48.5 Å². The van der Waals surface area contributed by atoms with Crippen molar-refractivity contribution in [2.24, 2.45) is 0 Å². The normalized spacial score (nSPS) is 11.8. The molecule has 2 aromatic rings. The second-order valence-corrected chi connectivity index (χ2v) is 6.44. The molecule has 1 amide bonds. The molecule has 2 aromatic carbocycles. The van der Waals surface area contributed by atoms with E-state index in [-0.39, 0.29) is 11.2 Å². The van der Waals surface area contributed by atoms with Gasteiger partial charge in [-0.15, -0.1) is 11.8 Å². The van der Waals surface area contributed by atoms with Gasteiger partial charge in [-0.05, 0) is 37.1 Å². The molecule has 1 atom stereocenters. The van der Waals surface area contributed by atoms with Gasteiger partial charge in [0.15, 0.2) is 0 Å². The Bertz CT molecular complexity index is 628. The van der Waals surface area contributed by atoms with Gasteiger partial charge in [0.05, 0.1) is 18.6 Å². The molecule has 0 spiro atoms. The largest absolute Gasteiger partial charge is 0.495 e. The molecule has 0 saturated carbocycles. The minimum Gasteiger partial charge on any atom is -0.495 e. The number of benzene rings is 2. The first kappa shape index (κ1) is 16.4. The molecular weight excluding hydrogens is 294 g/mol. The van der Waals surface area contributed by atoms with Crippen LogP contribution in [-0.2, 0) is 4.79 Å². The number of carbonyl (C=O) groups is 1. The van der Waals surface area contributed by atoms with Crippen LogP contribution >= 0.6 is 11.8 Å². The van der Waals surface area contributed by atoms with Crippen LogP contribution < -0.4 is 10.1 Å². The molecule has 2 rings (SSSR count). The number of thioether (sulfide) groups is 1. The van der Waals surface area contributed by atoms with E-state index in [9.17, 15) is 4.79 Å². The van der Waals surface area contributed by atoms with Crippen LogP contribution in [0.2, 0.25) is 0 Å². The van der Waals surface area contributed by atoms with Gasteiger partial charge in [-0.2, -0.15) is 0 Å². The van der Waals surface area contributed by atoms with Gasteiger partial charge in [-0.1, -0.05) is 36.4 Å². The first-order chi connectivity index (χ1) is 10.6. The number of amides is 1. The number of hydrogen-bond acceptors (Lipinski definition) is 3. The smallest absolute Gasteiger partial charge is 0.234 e. The third kappa shape index (κ3) is 4.53. The molecular formula is C18H21NO2S. The molecule has 1 unspecified atom stereocenters. The SMILES string of the molecule is COc1ccc(C)cc1NC(=O)CSC(C)c1ccccc1. The summed E-state index contributed by atoms with van der Waals surface area (Å²) in [5, 5.41) is 3.21. The fraction of sp³-hybridized carbons (Fsp3) is 0.278. The van der Waals surface area contributed by atoms with Crippen molar-refractivity contribution in [3.05, 3.63) is 59.7 Å². The maximum Gasteiger partial charge on any atom is 0.234 e. The monoisotopic (exact) mass is 315 g/mol. The van der Waals surface area contributed by atoms with Crippen LogP contribution in [0.25, 0.3) is 0 Å². The summed E-state index contributed by atoms with van der Waals surface area (Å²) >= 11 is 1.62. The van der Waals surface area contributed by atoms with Crippen molar-refractivity contribution < 1.29 is 9.53 Å². The van der Waals surface area contributed by atoms with Crippen LogP contribution in [0.5, 0.6) is 5.75 Å². The van der Waals surface area contributed by atoms with Crippen molar-refractivity contribution in [2.45, 2.75) is 19.1 Å². The summed E-state index contributed by atoms with van der Waals surface area (Å²) in [5.41, 5.74) is 3.04. The number of hydrogen-bond donors (Lipinski definition) is 1. The summed E-state index contributed by atoms with van der Waals surface area (Å²) in [7, 11) is 1.60. The van der Waals surface area contributed by atoms with Crippen molar-refractivity contribution in [1.29, 1.82) is 0 Å². The van der Waals surface area contributed by atoms with Crippen molar-refractivity contribution >= 4 is 23.4 Å². The highest BCUT2D eigenvalue weighted by Crippen LogP contribution is 2.29. The van der Waals surface area contributed by atoms with Gasteiger partial charge < -0.3 is 10.1 Å². The molecule has 0 saturated heterocycles. The first-order valence-electron chi connectivity index (χ1n) is 7.21. The van der Waals surface area contributed by atoms with E-state index in [1.165, 1.54) is 5.56 Å². The maximum absolute atomic E-state index is 12.1. The molecule has 0 fully saturated rings. The Morgan fingerprint density at radius 2 is 1.95 bits per heavy atom. The van der Waals surface area contributed by atoms with Crippen LogP contribution in [0, 0.1) is 6.92 Å². The van der Waals surface area contributed by atoms with Gasteiger partial charge in [-0.3, -0.25) is 4.79 Å². The lowest BCUT2D eigenvalue weighted by molar-refractivity contribution is -0.113. The molecule has 0 heterocycles. The van der Waals surface area contributed by atoms with E-state index in [0.29, 0.717) is 11.5 Å². The summed E-state index contributed by atoms with van der Waals surface area (Å²) in [6.45, 7) is 4.10. The number of aryl methyl sites for hydroxylation is 1. The zero-order valence-electron chi connectivity index (χ0n) is 13.1. The predicted octanol–water partition coefficient (Wildman–Crippen LogP) is 4.44. The van der Waals surface area contributed by atoms with Crippen molar-refractivity contribution in [2.75, 3.05) is 18.2 Å². The number of nitrogens with one attached hydrogen (secondary N) is 1. The fourth-order valence-corrected chi connectivity index (χ4v) is 2.95. The third-order valence-corrected chi connectivity index (χ3v) is 4.56. The molecule has 116 valence electrons. The summed E-state index contributed by atoms with van der Waals surface area (Å²) in [5.74, 6) is 1.07. The summed E-state index contributed by atoms with van der Waals surface area (Å²) in [6.07, 6.45) is 0. The lowest BCUT2D eigenvalue weighted by Gasteiger charge is -2.13. The van der Waals surface area contributed by atoms with E-state index in [2.05, 4.69) is 24.4 Å². The van der Waals surface area contributed by atoms with Gasteiger partial charge >= 0.3 is 0 Å². The zero-order valence-corrected chi connectivity index (χ0v) is 13.9. The van der Waals surface area contributed by atoms with E-state index in [0.717, 1.165) is 11.3 Å². The average molecular weight is 315 g/mol. The number of methoxy groups -OCH3 is 1. The Kier molecular flexibility index (Phi) is 5.90. The Morgan fingerprint density at radius 1 is 1.23 bits per heavy atom. The predicted molar refractivity (Wildman–Crippen MR) is 93.7 cm³/mol. The second-order valence-electron chi connectivity index (χ2n) is 5.12. The topological polar surface area (TPSA) is 38.3 Å². The van der Waals surface area contributed by atoms with E-state index >= 15 is 0 Å². The summed E-state index contributed by atoms with van der Waals surface area (Å²) in [6, 6.07) is 15.9. The maximum atomic E-state index is 12.1. The van der Waals surface area contributed by atoms with Crippen molar-refractivity contribution in [1.82, 2.24) is 0 Å². The second kappa shape index (κ2) is 7.90. The van der Waals surface area contributed by atoms with Crippen LogP contribution in [0.3, 0.4) is 0 Å². The van der Waals surface area contributed by atoms with E-state index < -0.39 is 0 Å². The molecule has 4 heteroatoms. The molecule has 0 bridgehead atoms. The van der Waals surface area contributed by atoms with Crippen molar-refractivity contribution in [3.8, 4) is 5.75 Å². The molecule has 0 radical (unpaired) electrons. The third-order valence-electron chi connectivity index (χ3n) is 3.36. The Morgan fingerprint density at radius 3 is 2.64 bits per heavy atom. The van der Waals surface area contributed by atoms with Gasteiger partial charge in [0, 0.05) is 5.25 Å². The minimum absolute atomic E-state index is 0.0170. The minimum atomic E-state index is -0.0170. The van der Waals surface area contributed by atoms with E-state index in [1.54, 1.807) is 18.9 Å². The van der Waals surface area contributed by atoms with Crippen LogP contribution in [0.1, 0.15) is 23.3 Å². The van der Waals surface area contributed by atoms with Crippen LogP contribution in [0.4, 0.5) is 5.69 Å². The van der Waals surface area contributed by atoms with Gasteiger partial charge in [0.1, 0.15) is 5.75 Å². The van der Waals surface area contributed by atoms with E-state index in [1.807, 2.05) is 43.3 Å². The Hall–Kier alpha value is -1.94. The van der Waals surface area contributed by atoms with Gasteiger partial charge in [-0.25, -0.2) is 0 Å². The standard InChI is InChI=1S/C18H21NO2S/c1-13-9-10-17(21-3)16(11-13)19-18(20)12-22-14(2)15-7-5-4-6-8-15/h4-11,14H,12H2,1-3H3,(H,19,20). The van der Waals surface area contributed by atoms with Crippen LogP contribution in [-0.4, -0.2) is 18.8 Å². The fourth-order valence-electron chi connectivity index (χ4n) is 2.13. The molecule has 1 N–H and O–H groups in total. The first-order valence-corrected chi connectivity index (χ1v) is 8.26. The number of rotatable bonds is 6. The molecule has 0 aliphatic rings. The lowest BCUT2D eigenvalue weighted by atomic mass is 10.2. The highest BCUT2D eigenvalue weighted by atomic mass is 32.2. The average Bonchev–Trinajstić information content (AvgIpc) is 2.53. The summed E-state index contributed by atoms with van der Waals surface area (Å²) < 4.78 is 5.27. The molecule has 0 aliphatic heterocycles. The van der Waals surface area contributed by atoms with E-state index in [4.69, 9.17) is 4.74 Å². The Balaban J connectivity index is 1.92. The zero-order chi connectivity index (χ0) is 15.9. The number of anilines is 1. The molecule has 22 heavy (non-hydrogen) atoms. The highest BCUT2D eigenvalue weighted by Gasteiger charge is 2.11. The Labute approximate surface area is 136 Å². The lowest BCUT2D eigenvalue weighted by Crippen LogP contribution is -2.15. The van der Waals surface area contributed by atoms with Gasteiger partial charge in [0.2, 0.25) is 5.91 Å². The quantitative estimate of drug-likeness (QED) is 0.856. The summed E-state index contributed by atoms with van der Waals surface area (Å²) in [4.78, 5) is 12.1. The highest BCUT2D eigenvalue weighted by molar-refractivity contribution is 8.00. The van der Waals surface area contributed by atoms with Crippen molar-refractivity contribution in [3.63, 3.8) is 0 Å². The number of carbonyl (C=O) groups excluding carboxylic acids is 1.